The van der Waals surface area contributed by atoms with Crippen LogP contribution in [0.15, 0.2) is 136 Å². The Balaban J connectivity index is 1.24. The number of hydrogen-bond acceptors (Lipinski definition) is 7. The predicted molar refractivity (Wildman–Crippen MR) is 198 cm³/mol. The average molecular weight is 682 g/mol. The first-order chi connectivity index (χ1) is 24.4. The monoisotopic (exact) mass is 681 g/mol. The molecule has 250 valence electrons. The van der Waals surface area contributed by atoms with E-state index in [2.05, 4.69) is 29.6 Å². The molecule has 8 nitrogen and oxygen atoms in total. The Morgan fingerprint density at radius 3 is 2.44 bits per heavy atom. The Bertz CT molecular complexity index is 2410. The lowest BCUT2D eigenvalue weighted by Crippen LogP contribution is -2.40. The number of para-hydroxylation sites is 1. The van der Waals surface area contributed by atoms with Crippen molar-refractivity contribution >= 4 is 39.8 Å². The highest BCUT2D eigenvalue weighted by Gasteiger charge is 2.32. The van der Waals surface area contributed by atoms with Crippen molar-refractivity contribution in [2.75, 3.05) is 19.0 Å². The van der Waals surface area contributed by atoms with Crippen LogP contribution in [0.3, 0.4) is 0 Å². The van der Waals surface area contributed by atoms with Gasteiger partial charge in [-0.15, -0.1) is 0 Å². The molecule has 1 amide bonds. The molecule has 1 atom stereocenters. The summed E-state index contributed by atoms with van der Waals surface area (Å²) in [6, 6.07) is 36.0. The van der Waals surface area contributed by atoms with E-state index in [1.807, 2.05) is 104 Å². The zero-order chi connectivity index (χ0) is 34.6. The molecule has 0 unspecified atom stereocenters. The fourth-order valence-corrected chi connectivity index (χ4v) is 7.23. The van der Waals surface area contributed by atoms with E-state index in [0.717, 1.165) is 27.5 Å². The third-order valence-electron chi connectivity index (χ3n) is 8.55. The normalized spacial score (nSPS) is 14.2. The van der Waals surface area contributed by atoms with Crippen molar-refractivity contribution in [1.82, 2.24) is 4.57 Å². The molecule has 9 heteroatoms. The fourth-order valence-electron chi connectivity index (χ4n) is 6.18. The lowest BCUT2D eigenvalue weighted by atomic mass is 9.95. The third kappa shape index (κ3) is 6.55. The van der Waals surface area contributed by atoms with Crippen LogP contribution in [-0.2, 0) is 11.4 Å². The maximum atomic E-state index is 14.2. The van der Waals surface area contributed by atoms with Crippen molar-refractivity contribution in [2.24, 2.45) is 4.99 Å². The van der Waals surface area contributed by atoms with E-state index in [4.69, 9.17) is 19.2 Å². The smallest absolute Gasteiger partial charge is 0.271 e. The number of ether oxygens (including phenoxy) is 3. The summed E-state index contributed by atoms with van der Waals surface area (Å²) in [7, 11) is 1.60. The minimum atomic E-state index is -0.702. The van der Waals surface area contributed by atoms with Gasteiger partial charge in [-0.05, 0) is 83.8 Å². The summed E-state index contributed by atoms with van der Waals surface area (Å²) in [5.41, 5.74) is 3.94. The van der Waals surface area contributed by atoms with Gasteiger partial charge in [0.15, 0.2) is 16.3 Å². The van der Waals surface area contributed by atoms with Crippen molar-refractivity contribution in [2.45, 2.75) is 26.5 Å². The number of fused-ring (bicyclic) bond motifs is 2. The van der Waals surface area contributed by atoms with Gasteiger partial charge in [-0.25, -0.2) is 4.99 Å². The van der Waals surface area contributed by atoms with Crippen LogP contribution in [0.5, 0.6) is 17.2 Å². The summed E-state index contributed by atoms with van der Waals surface area (Å²) in [4.78, 5) is 33.4. The molecule has 1 aromatic heterocycles. The van der Waals surface area contributed by atoms with Crippen LogP contribution in [0.2, 0.25) is 0 Å². The first-order valence-electron chi connectivity index (χ1n) is 16.3. The summed E-state index contributed by atoms with van der Waals surface area (Å²) >= 11 is 1.28. The molecule has 0 saturated carbocycles. The average Bonchev–Trinajstić information content (AvgIpc) is 3.44. The van der Waals surface area contributed by atoms with Gasteiger partial charge in [-0.1, -0.05) is 90.2 Å². The molecule has 2 heterocycles. The van der Waals surface area contributed by atoms with Gasteiger partial charge in [-0.2, -0.15) is 0 Å². The summed E-state index contributed by atoms with van der Waals surface area (Å²) in [5, 5.41) is 5.28. The molecule has 50 heavy (non-hydrogen) atoms. The lowest BCUT2D eigenvalue weighted by Gasteiger charge is -2.25. The SMILES string of the molecule is CCOc1ccc([C@H]2C(C(=O)Nc3ccccc3)=C(C)N=c3s/c(=C\c4ccc(OCc5cccc6ccccc56)c(OC)c4)c(=O)n32)cc1. The van der Waals surface area contributed by atoms with E-state index in [9.17, 15) is 9.59 Å². The first kappa shape index (κ1) is 32.6. The van der Waals surface area contributed by atoms with Gasteiger partial charge in [0.05, 0.1) is 35.6 Å². The van der Waals surface area contributed by atoms with Crippen LogP contribution < -0.4 is 34.4 Å². The van der Waals surface area contributed by atoms with Crippen molar-refractivity contribution in [3.05, 3.63) is 163 Å². The molecule has 0 radical (unpaired) electrons. The molecule has 0 saturated heterocycles. The molecular formula is C41H35N3O5S. The number of rotatable bonds is 10. The van der Waals surface area contributed by atoms with Gasteiger partial charge in [0, 0.05) is 5.69 Å². The predicted octanol–water partition coefficient (Wildman–Crippen LogP) is 7.01. The van der Waals surface area contributed by atoms with Gasteiger partial charge in [0.1, 0.15) is 12.4 Å². The van der Waals surface area contributed by atoms with E-state index < -0.39 is 6.04 Å². The zero-order valence-corrected chi connectivity index (χ0v) is 28.7. The topological polar surface area (TPSA) is 91.2 Å². The fraction of sp³-hybridized carbons (Fsp3) is 0.146. The van der Waals surface area contributed by atoms with E-state index in [1.165, 1.54) is 11.3 Å². The first-order valence-corrected chi connectivity index (χ1v) is 17.1. The highest BCUT2D eigenvalue weighted by atomic mass is 32.1. The number of amides is 1. The van der Waals surface area contributed by atoms with Gasteiger partial charge >= 0.3 is 0 Å². The standard InChI is InChI=1S/C41H35N3O5S/c1-4-48-32-20-18-29(19-21-32)38-37(39(45)43-31-14-6-5-7-15-31)26(2)42-41-44(38)40(46)36(50-41)24-27-17-22-34(35(23-27)47-3)49-25-30-13-10-12-28-11-8-9-16-33(28)30/h5-24,38H,4,25H2,1-3H3,(H,43,45)/b36-24-/t38-/m0/s1. The number of benzene rings is 5. The summed E-state index contributed by atoms with van der Waals surface area (Å²) in [6.07, 6.45) is 1.82. The second-order valence-electron chi connectivity index (χ2n) is 11.7. The van der Waals surface area contributed by atoms with Crippen LogP contribution in [0.1, 0.15) is 36.6 Å². The van der Waals surface area contributed by atoms with Crippen LogP contribution in [0, 0.1) is 0 Å². The van der Waals surface area contributed by atoms with Gasteiger partial charge < -0.3 is 19.5 Å². The number of nitrogens with zero attached hydrogens (tertiary/aromatic N) is 2. The second kappa shape index (κ2) is 14.3. The molecule has 6 aromatic rings. The van der Waals surface area contributed by atoms with Crippen molar-refractivity contribution in [1.29, 1.82) is 0 Å². The minimum Gasteiger partial charge on any atom is -0.494 e. The number of anilines is 1. The Morgan fingerprint density at radius 1 is 0.900 bits per heavy atom. The molecule has 5 aromatic carbocycles. The molecular weight excluding hydrogens is 647 g/mol. The van der Waals surface area contributed by atoms with E-state index in [0.29, 0.717) is 56.8 Å². The van der Waals surface area contributed by atoms with E-state index in [-0.39, 0.29) is 11.5 Å². The Kier molecular flexibility index (Phi) is 9.31. The quantitative estimate of drug-likeness (QED) is 0.168. The highest BCUT2D eigenvalue weighted by Crippen LogP contribution is 2.33. The summed E-state index contributed by atoms with van der Waals surface area (Å²) in [6.45, 7) is 4.63. The number of carbonyl (C=O) groups is 1. The van der Waals surface area contributed by atoms with Crippen LogP contribution in [0.25, 0.3) is 16.8 Å². The maximum Gasteiger partial charge on any atom is 0.271 e. The molecule has 7 rings (SSSR count). The Morgan fingerprint density at radius 2 is 1.66 bits per heavy atom. The van der Waals surface area contributed by atoms with Crippen molar-refractivity contribution in [3.63, 3.8) is 0 Å². The molecule has 1 N–H and O–H groups in total. The third-order valence-corrected chi connectivity index (χ3v) is 9.54. The molecule has 0 aliphatic carbocycles. The Labute approximate surface area is 293 Å². The molecule has 0 fully saturated rings. The Hall–Kier alpha value is -5.93. The van der Waals surface area contributed by atoms with Crippen molar-refractivity contribution < 1.29 is 19.0 Å². The number of carbonyl (C=O) groups excluding carboxylic acids is 1. The van der Waals surface area contributed by atoms with Crippen LogP contribution in [-0.4, -0.2) is 24.2 Å². The van der Waals surface area contributed by atoms with Gasteiger partial charge in [-0.3, -0.25) is 14.2 Å². The minimum absolute atomic E-state index is 0.250. The summed E-state index contributed by atoms with van der Waals surface area (Å²) in [5.74, 6) is 1.53. The number of nitrogens with one attached hydrogen (secondary N) is 1. The highest BCUT2D eigenvalue weighted by molar-refractivity contribution is 7.07. The molecule has 1 aliphatic heterocycles. The second-order valence-corrected chi connectivity index (χ2v) is 12.8. The number of allylic oxidation sites excluding steroid dienone is 1. The van der Waals surface area contributed by atoms with Gasteiger partial charge in [0.2, 0.25) is 0 Å². The van der Waals surface area contributed by atoms with Crippen LogP contribution >= 0.6 is 11.3 Å². The van der Waals surface area contributed by atoms with Gasteiger partial charge in [0.25, 0.3) is 11.5 Å². The molecule has 1 aliphatic rings. The zero-order valence-electron chi connectivity index (χ0n) is 27.9. The summed E-state index contributed by atoms with van der Waals surface area (Å²) < 4.78 is 19.7. The van der Waals surface area contributed by atoms with Crippen molar-refractivity contribution in [3.8, 4) is 17.2 Å². The number of methoxy groups -OCH3 is 1. The van der Waals surface area contributed by atoms with E-state index in [1.54, 1.807) is 18.6 Å². The molecule has 0 bridgehead atoms. The number of hydrogen-bond donors (Lipinski definition) is 1. The van der Waals surface area contributed by atoms with E-state index >= 15 is 0 Å². The molecule has 0 spiro atoms. The lowest BCUT2D eigenvalue weighted by molar-refractivity contribution is -0.113. The number of aromatic nitrogens is 1. The maximum absolute atomic E-state index is 14.2. The largest absolute Gasteiger partial charge is 0.494 e. The van der Waals surface area contributed by atoms with Crippen LogP contribution in [0.4, 0.5) is 5.69 Å². The number of thiazole rings is 1.